The van der Waals surface area contributed by atoms with Crippen LogP contribution in [0.25, 0.3) is 0 Å². The summed E-state index contributed by atoms with van der Waals surface area (Å²) in [7, 11) is -4.11. The third-order valence-electron chi connectivity index (χ3n) is 2.01. The molecule has 0 aliphatic heterocycles. The van der Waals surface area contributed by atoms with Crippen molar-refractivity contribution in [3.05, 3.63) is 32.4 Å². The number of carbonyl (C=O) groups excluding carboxylic acids is 1. The fourth-order valence-electron chi connectivity index (χ4n) is 1.17. The molecule has 2 aromatic rings. The summed E-state index contributed by atoms with van der Waals surface area (Å²) < 4.78 is 26.4. The van der Waals surface area contributed by atoms with Crippen molar-refractivity contribution in [2.45, 2.75) is 4.90 Å². The Morgan fingerprint density at radius 2 is 2.00 bits per heavy atom. The molecule has 0 saturated carbocycles. The highest BCUT2D eigenvalue weighted by Gasteiger charge is 2.20. The van der Waals surface area contributed by atoms with E-state index < -0.39 is 16.1 Å². The van der Waals surface area contributed by atoms with Crippen LogP contribution in [0.3, 0.4) is 0 Å². The Labute approximate surface area is 141 Å². The Morgan fingerprint density at radius 1 is 1.29 bits per heavy atom. The molecule has 112 valence electrons. The van der Waals surface area contributed by atoms with E-state index in [9.17, 15) is 13.2 Å². The molecular formula is C9H5BrCl2N4O3S2. The van der Waals surface area contributed by atoms with Crippen LogP contribution in [0.15, 0.2) is 27.1 Å². The van der Waals surface area contributed by atoms with Gasteiger partial charge in [-0.3, -0.25) is 5.32 Å². The van der Waals surface area contributed by atoms with Crippen molar-refractivity contribution in [1.82, 2.24) is 14.7 Å². The van der Waals surface area contributed by atoms with Crippen LogP contribution in [0.5, 0.6) is 0 Å². The zero-order chi connectivity index (χ0) is 15.6. The first-order chi connectivity index (χ1) is 9.78. The minimum atomic E-state index is -4.11. The lowest BCUT2D eigenvalue weighted by Gasteiger charge is -2.07. The van der Waals surface area contributed by atoms with Crippen LogP contribution < -0.4 is 10.0 Å². The number of carbonyl (C=O) groups is 1. The number of halogens is 3. The molecule has 21 heavy (non-hydrogen) atoms. The number of urea groups is 1. The minimum Gasteiger partial charge on any atom is -0.283 e. The molecule has 0 atom stereocenters. The average molecular weight is 432 g/mol. The van der Waals surface area contributed by atoms with Gasteiger partial charge in [0.05, 0.1) is 15.0 Å². The van der Waals surface area contributed by atoms with Crippen LogP contribution in [0.4, 0.5) is 9.93 Å². The van der Waals surface area contributed by atoms with Crippen LogP contribution in [-0.2, 0) is 10.0 Å². The number of aromatic nitrogens is 2. The van der Waals surface area contributed by atoms with Gasteiger partial charge in [0.25, 0.3) is 10.0 Å². The number of thiazole rings is 1. The molecule has 2 rings (SSSR count). The summed E-state index contributed by atoms with van der Waals surface area (Å²) in [5, 5.41) is 2.45. The van der Waals surface area contributed by atoms with Crippen molar-refractivity contribution >= 4 is 71.7 Å². The van der Waals surface area contributed by atoms with E-state index in [1.54, 1.807) is 0 Å². The molecule has 0 aliphatic carbocycles. The molecule has 2 aromatic heterocycles. The van der Waals surface area contributed by atoms with Gasteiger partial charge in [0.15, 0.2) is 5.13 Å². The summed E-state index contributed by atoms with van der Waals surface area (Å²) in [5.41, 5.74) is 0. The van der Waals surface area contributed by atoms with Gasteiger partial charge in [-0.25, -0.2) is 27.9 Å². The Bertz CT molecular complexity index is 796. The summed E-state index contributed by atoms with van der Waals surface area (Å²) in [5.74, 6) is 0. The highest BCUT2D eigenvalue weighted by molar-refractivity contribution is 9.11. The zero-order valence-corrected chi connectivity index (χ0v) is 14.5. The van der Waals surface area contributed by atoms with E-state index in [4.69, 9.17) is 23.2 Å². The summed E-state index contributed by atoms with van der Waals surface area (Å²) in [6.07, 6.45) is 2.46. The van der Waals surface area contributed by atoms with Gasteiger partial charge in [0.1, 0.15) is 10.0 Å². The molecule has 7 nitrogen and oxygen atoms in total. The van der Waals surface area contributed by atoms with E-state index in [-0.39, 0.29) is 20.2 Å². The van der Waals surface area contributed by atoms with E-state index >= 15 is 0 Å². The lowest BCUT2D eigenvalue weighted by molar-refractivity contribution is 0.256. The normalized spacial score (nSPS) is 11.2. The van der Waals surface area contributed by atoms with Crippen molar-refractivity contribution in [2.75, 3.05) is 5.32 Å². The van der Waals surface area contributed by atoms with Gasteiger partial charge in [-0.1, -0.05) is 34.5 Å². The van der Waals surface area contributed by atoms with Gasteiger partial charge < -0.3 is 0 Å². The number of anilines is 1. The van der Waals surface area contributed by atoms with Crippen molar-refractivity contribution in [1.29, 1.82) is 0 Å². The fourth-order valence-corrected chi connectivity index (χ4v) is 3.48. The maximum Gasteiger partial charge on any atom is 0.334 e. The second kappa shape index (κ2) is 6.44. The van der Waals surface area contributed by atoms with Crippen molar-refractivity contribution in [3.63, 3.8) is 0 Å². The van der Waals surface area contributed by atoms with E-state index in [1.165, 1.54) is 6.20 Å². The van der Waals surface area contributed by atoms with Gasteiger partial charge in [0, 0.05) is 6.20 Å². The monoisotopic (exact) mass is 430 g/mol. The Hall–Kier alpha value is -0.940. The molecule has 12 heteroatoms. The first-order valence-corrected chi connectivity index (χ1v) is 8.89. The second-order valence-electron chi connectivity index (χ2n) is 3.47. The van der Waals surface area contributed by atoms with Gasteiger partial charge >= 0.3 is 6.03 Å². The predicted octanol–water partition coefficient (Wildman–Crippen LogP) is 3.12. The first kappa shape index (κ1) is 16.4. The second-order valence-corrected chi connectivity index (χ2v) is 8.33. The van der Waals surface area contributed by atoms with E-state index in [0.717, 1.165) is 23.6 Å². The van der Waals surface area contributed by atoms with Crippen molar-refractivity contribution in [2.24, 2.45) is 0 Å². The van der Waals surface area contributed by atoms with Crippen LogP contribution >= 0.6 is 50.5 Å². The molecule has 0 spiro atoms. The smallest absolute Gasteiger partial charge is 0.283 e. The summed E-state index contributed by atoms with van der Waals surface area (Å²) in [6, 6.07) is 0.134. The summed E-state index contributed by atoms with van der Waals surface area (Å²) in [6.45, 7) is 0. The molecular weight excluding hydrogens is 427 g/mol. The number of hydrogen-bond acceptors (Lipinski definition) is 6. The number of sulfonamides is 1. The Morgan fingerprint density at radius 3 is 2.57 bits per heavy atom. The number of hydrogen-bond donors (Lipinski definition) is 2. The Balaban J connectivity index is 2.13. The molecule has 0 aliphatic rings. The zero-order valence-electron chi connectivity index (χ0n) is 9.80. The molecule has 2 N–H and O–H groups in total. The molecule has 0 saturated heterocycles. The van der Waals surface area contributed by atoms with Gasteiger partial charge in [-0.2, -0.15) is 0 Å². The van der Waals surface area contributed by atoms with E-state index in [1.807, 2.05) is 4.72 Å². The van der Waals surface area contributed by atoms with E-state index in [2.05, 4.69) is 31.2 Å². The molecule has 2 amide bonds. The Kier molecular flexibility index (Phi) is 5.04. The van der Waals surface area contributed by atoms with Crippen molar-refractivity contribution in [3.8, 4) is 0 Å². The molecule has 0 radical (unpaired) electrons. The average Bonchev–Trinajstić information content (AvgIpc) is 2.77. The number of pyridine rings is 1. The molecule has 2 heterocycles. The number of amides is 2. The highest BCUT2D eigenvalue weighted by Crippen LogP contribution is 2.24. The number of nitrogens with zero attached hydrogens (tertiary/aromatic N) is 2. The van der Waals surface area contributed by atoms with Gasteiger partial charge in [-0.05, 0) is 22.0 Å². The topological polar surface area (TPSA) is 101 Å². The minimum absolute atomic E-state index is 0.0345. The summed E-state index contributed by atoms with van der Waals surface area (Å²) >= 11 is 15.6. The van der Waals surface area contributed by atoms with E-state index in [0.29, 0.717) is 3.79 Å². The predicted molar refractivity (Wildman–Crippen MR) is 83.4 cm³/mol. The maximum atomic E-state index is 12.0. The van der Waals surface area contributed by atoms with Crippen LogP contribution in [0, 0.1) is 0 Å². The number of nitrogens with one attached hydrogen (secondary N) is 2. The molecule has 0 fully saturated rings. The van der Waals surface area contributed by atoms with Crippen LogP contribution in [-0.4, -0.2) is 24.4 Å². The lowest BCUT2D eigenvalue weighted by Crippen LogP contribution is -2.34. The summed E-state index contributed by atoms with van der Waals surface area (Å²) in [4.78, 5) is 18.8. The molecule has 0 bridgehead atoms. The van der Waals surface area contributed by atoms with Gasteiger partial charge in [0.2, 0.25) is 0 Å². The van der Waals surface area contributed by atoms with Crippen molar-refractivity contribution < 1.29 is 13.2 Å². The third kappa shape index (κ3) is 4.27. The fraction of sp³-hybridized carbons (Fsp3) is 0. The largest absolute Gasteiger partial charge is 0.334 e. The quantitative estimate of drug-likeness (QED) is 0.727. The highest BCUT2D eigenvalue weighted by atomic mass is 79.9. The van der Waals surface area contributed by atoms with Crippen LogP contribution in [0.1, 0.15) is 0 Å². The third-order valence-corrected chi connectivity index (χ3v) is 5.38. The SMILES string of the molecule is O=C(Nc1ncc(Br)s1)NS(=O)(=O)c1cnc(Cl)c(Cl)c1. The lowest BCUT2D eigenvalue weighted by atomic mass is 10.5. The van der Waals surface area contributed by atoms with Gasteiger partial charge in [-0.15, -0.1) is 0 Å². The molecule has 0 aromatic carbocycles. The molecule has 0 unspecified atom stereocenters. The first-order valence-electron chi connectivity index (χ1n) is 5.04. The maximum absolute atomic E-state index is 12.0. The number of rotatable bonds is 3. The standard InChI is InChI=1S/C9H5BrCl2N4O3S2/c10-6-3-14-9(20-6)15-8(17)16-21(18,19)4-1-5(11)7(12)13-2-4/h1-3H,(H2,14,15,16,17). The van der Waals surface area contributed by atoms with Crippen LogP contribution in [0.2, 0.25) is 10.2 Å².